The van der Waals surface area contributed by atoms with Gasteiger partial charge < -0.3 is 5.11 Å². The molecule has 1 aromatic rings. The lowest BCUT2D eigenvalue weighted by atomic mass is 9.92. The fraction of sp³-hybridized carbons (Fsp3) is 0.750. The molecule has 0 radical (unpaired) electrons. The maximum Gasteiger partial charge on any atom is 0.0960 e. The molecule has 1 heterocycles. The number of hydrogen-bond donors (Lipinski definition) is 1. The Morgan fingerprint density at radius 2 is 1.87 bits per heavy atom. The summed E-state index contributed by atoms with van der Waals surface area (Å²) in [4.78, 5) is 4.49. The Morgan fingerprint density at radius 1 is 1.20 bits per heavy atom. The van der Waals surface area contributed by atoms with Crippen molar-refractivity contribution in [1.29, 1.82) is 0 Å². The zero-order valence-electron chi connectivity index (χ0n) is 9.11. The second-order valence-corrected chi connectivity index (χ2v) is 5.27. The van der Waals surface area contributed by atoms with E-state index in [9.17, 15) is 0 Å². The number of hydrogen-bond acceptors (Lipinski definition) is 3. The van der Waals surface area contributed by atoms with Crippen LogP contribution in [0.25, 0.3) is 0 Å². The SMILES string of the molecule is OCc1csc(C2CCCCCCC2)n1. The lowest BCUT2D eigenvalue weighted by molar-refractivity contribution is 0.277. The van der Waals surface area contributed by atoms with Gasteiger partial charge in [0.2, 0.25) is 0 Å². The van der Waals surface area contributed by atoms with Gasteiger partial charge in [-0.3, -0.25) is 0 Å². The standard InChI is InChI=1S/C12H19NOS/c14-8-11-9-15-12(13-11)10-6-4-2-1-3-5-7-10/h9-10,14H,1-8H2. The smallest absolute Gasteiger partial charge is 0.0960 e. The minimum Gasteiger partial charge on any atom is -0.390 e. The number of thiazole rings is 1. The molecule has 3 heteroatoms. The average Bonchev–Trinajstić information content (AvgIpc) is 2.65. The van der Waals surface area contributed by atoms with E-state index in [1.54, 1.807) is 11.3 Å². The monoisotopic (exact) mass is 225 g/mol. The van der Waals surface area contributed by atoms with Gasteiger partial charge in [-0.2, -0.15) is 0 Å². The van der Waals surface area contributed by atoms with Crippen molar-refractivity contribution in [1.82, 2.24) is 4.98 Å². The number of rotatable bonds is 2. The molecule has 1 aliphatic carbocycles. The van der Waals surface area contributed by atoms with Crippen LogP contribution in [0.1, 0.15) is 61.6 Å². The highest BCUT2D eigenvalue weighted by Crippen LogP contribution is 2.32. The van der Waals surface area contributed by atoms with Gasteiger partial charge in [-0.05, 0) is 12.8 Å². The number of aliphatic hydroxyl groups excluding tert-OH is 1. The first-order chi connectivity index (χ1) is 7.40. The third kappa shape index (κ3) is 3.02. The molecule has 1 aromatic heterocycles. The third-order valence-electron chi connectivity index (χ3n) is 3.19. The number of nitrogens with zero attached hydrogens (tertiary/aromatic N) is 1. The summed E-state index contributed by atoms with van der Waals surface area (Å²) in [6, 6.07) is 0. The Hall–Kier alpha value is -0.410. The predicted octanol–water partition coefficient (Wildman–Crippen LogP) is 3.46. The molecular weight excluding hydrogens is 206 g/mol. The largest absolute Gasteiger partial charge is 0.390 e. The Morgan fingerprint density at radius 3 is 2.47 bits per heavy atom. The number of aliphatic hydroxyl groups is 1. The molecule has 2 nitrogen and oxygen atoms in total. The summed E-state index contributed by atoms with van der Waals surface area (Å²) in [6.07, 6.45) is 9.45. The highest BCUT2D eigenvalue weighted by molar-refractivity contribution is 7.09. The fourth-order valence-electron chi connectivity index (χ4n) is 2.29. The van der Waals surface area contributed by atoms with Crippen LogP contribution in [0, 0.1) is 0 Å². The first-order valence-corrected chi connectivity index (χ1v) is 6.83. The highest BCUT2D eigenvalue weighted by atomic mass is 32.1. The van der Waals surface area contributed by atoms with Gasteiger partial charge in [0, 0.05) is 11.3 Å². The van der Waals surface area contributed by atoms with Gasteiger partial charge in [-0.1, -0.05) is 32.1 Å². The molecule has 2 rings (SSSR count). The van der Waals surface area contributed by atoms with Gasteiger partial charge in [-0.25, -0.2) is 4.98 Å². The molecule has 0 atom stereocenters. The van der Waals surface area contributed by atoms with Crippen LogP contribution in [0.3, 0.4) is 0 Å². The summed E-state index contributed by atoms with van der Waals surface area (Å²) in [7, 11) is 0. The van der Waals surface area contributed by atoms with E-state index in [4.69, 9.17) is 5.11 Å². The van der Waals surface area contributed by atoms with Crippen molar-refractivity contribution in [3.8, 4) is 0 Å². The van der Waals surface area contributed by atoms with Crippen LogP contribution in [0.15, 0.2) is 5.38 Å². The molecule has 0 aromatic carbocycles. The molecular formula is C12H19NOS. The summed E-state index contributed by atoms with van der Waals surface area (Å²) in [5.74, 6) is 0.663. The van der Waals surface area contributed by atoms with Crippen LogP contribution in [0.5, 0.6) is 0 Å². The summed E-state index contributed by atoms with van der Waals surface area (Å²) in [6.45, 7) is 0.0865. The van der Waals surface area contributed by atoms with Crippen molar-refractivity contribution in [3.63, 3.8) is 0 Å². The van der Waals surface area contributed by atoms with E-state index in [0.717, 1.165) is 5.69 Å². The second-order valence-electron chi connectivity index (χ2n) is 4.38. The molecule has 1 N–H and O–H groups in total. The van der Waals surface area contributed by atoms with Gasteiger partial charge in [0.1, 0.15) is 0 Å². The quantitative estimate of drug-likeness (QED) is 0.836. The maximum atomic E-state index is 8.99. The van der Waals surface area contributed by atoms with Crippen molar-refractivity contribution < 1.29 is 5.11 Å². The van der Waals surface area contributed by atoms with E-state index in [0.29, 0.717) is 5.92 Å². The van der Waals surface area contributed by atoms with Crippen molar-refractivity contribution in [2.75, 3.05) is 0 Å². The third-order valence-corrected chi connectivity index (χ3v) is 4.24. The van der Waals surface area contributed by atoms with Crippen molar-refractivity contribution >= 4 is 11.3 Å². The van der Waals surface area contributed by atoms with E-state index < -0.39 is 0 Å². The summed E-state index contributed by atoms with van der Waals surface area (Å²) >= 11 is 1.73. The van der Waals surface area contributed by atoms with Gasteiger partial charge in [-0.15, -0.1) is 11.3 Å². The van der Waals surface area contributed by atoms with Crippen molar-refractivity contribution in [2.24, 2.45) is 0 Å². The Labute approximate surface area is 95.4 Å². The summed E-state index contributed by atoms with van der Waals surface area (Å²) in [5, 5.41) is 12.2. The van der Waals surface area contributed by atoms with E-state index in [1.807, 2.05) is 5.38 Å². The molecule has 15 heavy (non-hydrogen) atoms. The van der Waals surface area contributed by atoms with Gasteiger partial charge in [0.25, 0.3) is 0 Å². The Kier molecular flexibility index (Phi) is 4.15. The molecule has 0 bridgehead atoms. The van der Waals surface area contributed by atoms with Crippen LogP contribution in [-0.4, -0.2) is 10.1 Å². The van der Waals surface area contributed by atoms with Gasteiger partial charge >= 0.3 is 0 Å². The van der Waals surface area contributed by atoms with Crippen LogP contribution in [-0.2, 0) is 6.61 Å². The van der Waals surface area contributed by atoms with Crippen molar-refractivity contribution in [3.05, 3.63) is 16.1 Å². The average molecular weight is 225 g/mol. The zero-order valence-corrected chi connectivity index (χ0v) is 9.93. The van der Waals surface area contributed by atoms with E-state index in [1.165, 1.54) is 50.0 Å². The molecule has 1 aliphatic rings. The van der Waals surface area contributed by atoms with Crippen LogP contribution in [0.4, 0.5) is 0 Å². The number of aromatic nitrogens is 1. The lowest BCUT2D eigenvalue weighted by Crippen LogP contribution is -2.02. The molecule has 1 fully saturated rings. The molecule has 84 valence electrons. The van der Waals surface area contributed by atoms with Crippen molar-refractivity contribution in [2.45, 2.75) is 57.5 Å². The summed E-state index contributed by atoms with van der Waals surface area (Å²) < 4.78 is 0. The highest BCUT2D eigenvalue weighted by Gasteiger charge is 2.16. The van der Waals surface area contributed by atoms with E-state index in [2.05, 4.69) is 4.98 Å². The fourth-order valence-corrected chi connectivity index (χ4v) is 3.27. The molecule has 0 aliphatic heterocycles. The lowest BCUT2D eigenvalue weighted by Gasteiger charge is -2.17. The minimum atomic E-state index is 0.0865. The topological polar surface area (TPSA) is 33.1 Å². The van der Waals surface area contributed by atoms with Gasteiger partial charge in [0.05, 0.1) is 17.3 Å². The Balaban J connectivity index is 2.00. The predicted molar refractivity (Wildman–Crippen MR) is 63.1 cm³/mol. The van der Waals surface area contributed by atoms with Crippen LogP contribution >= 0.6 is 11.3 Å². The van der Waals surface area contributed by atoms with Crippen LogP contribution < -0.4 is 0 Å². The molecule has 0 amide bonds. The van der Waals surface area contributed by atoms with E-state index in [-0.39, 0.29) is 6.61 Å². The first-order valence-electron chi connectivity index (χ1n) is 5.95. The maximum absolute atomic E-state index is 8.99. The Bertz CT molecular complexity index is 290. The molecule has 0 unspecified atom stereocenters. The van der Waals surface area contributed by atoms with Gasteiger partial charge in [0.15, 0.2) is 0 Å². The minimum absolute atomic E-state index is 0.0865. The second kappa shape index (κ2) is 5.61. The molecule has 0 spiro atoms. The first kappa shape index (κ1) is 11.1. The zero-order chi connectivity index (χ0) is 10.5. The van der Waals surface area contributed by atoms with E-state index >= 15 is 0 Å². The summed E-state index contributed by atoms with van der Waals surface area (Å²) in [5.41, 5.74) is 0.844. The molecule has 0 saturated heterocycles. The normalized spacial score (nSPS) is 19.8. The molecule has 1 saturated carbocycles. The van der Waals surface area contributed by atoms with Crippen LogP contribution in [0.2, 0.25) is 0 Å².